The number of carbonyl (C=O) groups excluding carboxylic acids is 3. The minimum absolute atomic E-state index is 0.00772. The number of benzene rings is 1. The average molecular weight is 413 g/mol. The molecule has 1 saturated heterocycles. The van der Waals surface area contributed by atoms with Crippen LogP contribution in [0.25, 0.3) is 0 Å². The summed E-state index contributed by atoms with van der Waals surface area (Å²) >= 11 is 11.9. The fourth-order valence-electron chi connectivity index (χ4n) is 3.61. The second kappa shape index (κ2) is 8.48. The predicted molar refractivity (Wildman–Crippen MR) is 103 cm³/mol. The Hall–Kier alpha value is -1.79. The highest BCUT2D eigenvalue weighted by molar-refractivity contribution is 6.35. The minimum atomic E-state index is -1.01. The van der Waals surface area contributed by atoms with Gasteiger partial charge in [0.25, 0.3) is 5.91 Å². The Bertz CT molecular complexity index is 749. The van der Waals surface area contributed by atoms with Crippen molar-refractivity contribution < 1.29 is 19.1 Å². The van der Waals surface area contributed by atoms with Crippen molar-refractivity contribution in [2.45, 2.75) is 51.2 Å². The van der Waals surface area contributed by atoms with Crippen LogP contribution in [-0.4, -0.2) is 41.4 Å². The monoisotopic (exact) mass is 412 g/mol. The molecule has 1 N–H and O–H groups in total. The van der Waals surface area contributed by atoms with Crippen LogP contribution in [0.15, 0.2) is 18.2 Å². The number of halogens is 2. The maximum absolute atomic E-state index is 12.4. The molecule has 2 fully saturated rings. The molecule has 0 radical (unpaired) electrons. The number of nitrogens with zero attached hydrogens (tertiary/aromatic N) is 1. The average Bonchev–Trinajstić information content (AvgIpc) is 3.27. The van der Waals surface area contributed by atoms with Gasteiger partial charge in [-0.2, -0.15) is 0 Å². The molecule has 0 aromatic heterocycles. The minimum Gasteiger partial charge on any atom is -0.452 e. The van der Waals surface area contributed by atoms with E-state index in [4.69, 9.17) is 27.9 Å². The van der Waals surface area contributed by atoms with E-state index in [1.165, 1.54) is 13.0 Å². The number of ether oxygens (including phenoxy) is 1. The predicted octanol–water partition coefficient (Wildman–Crippen LogP) is 3.65. The second-order valence-electron chi connectivity index (χ2n) is 7.08. The second-order valence-corrected chi connectivity index (χ2v) is 7.92. The summed E-state index contributed by atoms with van der Waals surface area (Å²) < 4.78 is 5.29. The van der Waals surface area contributed by atoms with Gasteiger partial charge in [-0.1, -0.05) is 36.0 Å². The number of likely N-dealkylation sites (tertiary alicyclic amines) is 1. The zero-order valence-corrected chi connectivity index (χ0v) is 16.6. The highest BCUT2D eigenvalue weighted by Crippen LogP contribution is 2.30. The highest BCUT2D eigenvalue weighted by atomic mass is 35.5. The number of hydrogen-bond acceptors (Lipinski definition) is 4. The van der Waals surface area contributed by atoms with Crippen molar-refractivity contribution in [3.63, 3.8) is 0 Å². The molecule has 3 rings (SSSR count). The van der Waals surface area contributed by atoms with E-state index in [9.17, 15) is 14.4 Å². The van der Waals surface area contributed by atoms with Crippen molar-refractivity contribution in [1.29, 1.82) is 0 Å². The fourth-order valence-corrected chi connectivity index (χ4v) is 3.95. The van der Waals surface area contributed by atoms with E-state index in [1.54, 1.807) is 17.0 Å². The first-order valence-electron chi connectivity index (χ1n) is 9.11. The molecule has 1 aliphatic heterocycles. The van der Waals surface area contributed by atoms with Gasteiger partial charge in [0.15, 0.2) is 6.10 Å². The molecule has 1 aromatic carbocycles. The van der Waals surface area contributed by atoms with Crippen LogP contribution in [0.3, 0.4) is 0 Å². The molecule has 0 spiro atoms. The van der Waals surface area contributed by atoms with Crippen molar-refractivity contribution >= 4 is 46.7 Å². The molecule has 8 heteroatoms. The molecule has 1 aliphatic carbocycles. The number of rotatable bonds is 5. The van der Waals surface area contributed by atoms with Gasteiger partial charge in [0.1, 0.15) is 0 Å². The molecule has 27 heavy (non-hydrogen) atoms. The largest absolute Gasteiger partial charge is 0.452 e. The van der Waals surface area contributed by atoms with Gasteiger partial charge in [0.2, 0.25) is 5.91 Å². The van der Waals surface area contributed by atoms with Crippen LogP contribution in [-0.2, 0) is 19.1 Å². The number of amides is 2. The van der Waals surface area contributed by atoms with E-state index in [2.05, 4.69) is 5.32 Å². The van der Waals surface area contributed by atoms with Crippen molar-refractivity contribution in [2.24, 2.45) is 5.92 Å². The van der Waals surface area contributed by atoms with E-state index < -0.39 is 23.9 Å². The van der Waals surface area contributed by atoms with Crippen LogP contribution >= 0.6 is 23.2 Å². The number of carbonyl (C=O) groups is 3. The van der Waals surface area contributed by atoms with Gasteiger partial charge in [0, 0.05) is 24.0 Å². The summed E-state index contributed by atoms with van der Waals surface area (Å²) in [6.45, 7) is 1.86. The molecule has 2 amide bonds. The zero-order chi connectivity index (χ0) is 19.6. The van der Waals surface area contributed by atoms with E-state index in [0.29, 0.717) is 22.3 Å². The van der Waals surface area contributed by atoms with Crippen LogP contribution in [0.5, 0.6) is 0 Å². The van der Waals surface area contributed by atoms with Gasteiger partial charge in [0.05, 0.1) is 16.6 Å². The third kappa shape index (κ3) is 4.74. The van der Waals surface area contributed by atoms with Gasteiger partial charge >= 0.3 is 5.97 Å². The Labute approximate surface area is 168 Å². The molecular formula is C19H22Cl2N2O4. The molecule has 0 unspecified atom stereocenters. The number of nitrogens with one attached hydrogen (secondary N) is 1. The lowest BCUT2D eigenvalue weighted by Crippen LogP contribution is -2.36. The van der Waals surface area contributed by atoms with Gasteiger partial charge in [-0.25, -0.2) is 0 Å². The Morgan fingerprint density at radius 1 is 1.26 bits per heavy atom. The summed E-state index contributed by atoms with van der Waals surface area (Å²) in [5.41, 5.74) is 0.348. The third-order valence-corrected chi connectivity index (χ3v) is 5.67. The molecular weight excluding hydrogens is 391 g/mol. The summed E-state index contributed by atoms with van der Waals surface area (Å²) in [6.07, 6.45) is 3.35. The van der Waals surface area contributed by atoms with Crippen molar-refractivity contribution in [2.75, 3.05) is 11.9 Å². The highest BCUT2D eigenvalue weighted by Gasteiger charge is 2.40. The first kappa shape index (κ1) is 20.0. The first-order valence-corrected chi connectivity index (χ1v) is 9.86. The smallest absolute Gasteiger partial charge is 0.312 e. The maximum atomic E-state index is 12.4. The van der Waals surface area contributed by atoms with Gasteiger partial charge in [-0.05, 0) is 38.0 Å². The molecule has 146 valence electrons. The maximum Gasteiger partial charge on any atom is 0.312 e. The van der Waals surface area contributed by atoms with E-state index in [0.717, 1.165) is 25.7 Å². The van der Waals surface area contributed by atoms with E-state index >= 15 is 0 Å². The van der Waals surface area contributed by atoms with Gasteiger partial charge in [-0.15, -0.1) is 0 Å². The molecule has 0 bridgehead atoms. The lowest BCUT2D eigenvalue weighted by Gasteiger charge is -2.24. The van der Waals surface area contributed by atoms with Crippen LogP contribution < -0.4 is 5.32 Å². The normalized spacial score (nSPS) is 21.4. The molecule has 2 aliphatic rings. The Kier molecular flexibility index (Phi) is 6.27. The van der Waals surface area contributed by atoms with Crippen LogP contribution in [0.1, 0.15) is 39.0 Å². The SMILES string of the molecule is C[C@@H](OC(=O)[C@H]1CC(=O)N(C2CCCC2)C1)C(=O)Nc1cc(Cl)ccc1Cl. The number of hydrogen-bond donors (Lipinski definition) is 1. The summed E-state index contributed by atoms with van der Waals surface area (Å²) in [6, 6.07) is 4.93. The summed E-state index contributed by atoms with van der Waals surface area (Å²) in [5, 5.41) is 3.36. The standard InChI is InChI=1S/C19H22Cl2N2O4/c1-11(18(25)22-16-9-13(20)6-7-15(16)21)27-19(26)12-8-17(24)23(10-12)14-4-2-3-5-14/h6-7,9,11-12,14H,2-5,8,10H2,1H3,(H,22,25)/t11-,12+/m1/s1. The van der Waals surface area contributed by atoms with Crippen molar-refractivity contribution in [1.82, 2.24) is 4.90 Å². The third-order valence-electron chi connectivity index (χ3n) is 5.11. The fraction of sp³-hybridized carbons (Fsp3) is 0.526. The summed E-state index contributed by atoms with van der Waals surface area (Å²) in [5.74, 6) is -1.57. The molecule has 1 saturated carbocycles. The number of anilines is 1. The van der Waals surface area contributed by atoms with Crippen molar-refractivity contribution in [3.8, 4) is 0 Å². The van der Waals surface area contributed by atoms with E-state index in [-0.39, 0.29) is 18.4 Å². The van der Waals surface area contributed by atoms with Crippen molar-refractivity contribution in [3.05, 3.63) is 28.2 Å². The topological polar surface area (TPSA) is 75.7 Å². The number of esters is 1. The molecule has 1 heterocycles. The van der Waals surface area contributed by atoms with Crippen LogP contribution in [0.2, 0.25) is 10.0 Å². The molecule has 6 nitrogen and oxygen atoms in total. The Balaban J connectivity index is 1.54. The van der Waals surface area contributed by atoms with Crippen LogP contribution in [0.4, 0.5) is 5.69 Å². The quantitative estimate of drug-likeness (QED) is 0.748. The van der Waals surface area contributed by atoms with Crippen LogP contribution in [0, 0.1) is 5.92 Å². The Morgan fingerprint density at radius 2 is 1.96 bits per heavy atom. The molecule has 1 aromatic rings. The van der Waals surface area contributed by atoms with Gasteiger partial charge in [-0.3, -0.25) is 14.4 Å². The first-order chi connectivity index (χ1) is 12.8. The zero-order valence-electron chi connectivity index (χ0n) is 15.0. The Morgan fingerprint density at radius 3 is 2.67 bits per heavy atom. The summed E-state index contributed by atoms with van der Waals surface area (Å²) in [4.78, 5) is 38.7. The van der Waals surface area contributed by atoms with Gasteiger partial charge < -0.3 is 15.0 Å². The molecule has 2 atom stereocenters. The lowest BCUT2D eigenvalue weighted by molar-refractivity contribution is -0.157. The lowest BCUT2D eigenvalue weighted by atomic mass is 10.1. The van der Waals surface area contributed by atoms with E-state index in [1.807, 2.05) is 0 Å². The summed E-state index contributed by atoms with van der Waals surface area (Å²) in [7, 11) is 0.